The van der Waals surface area contributed by atoms with E-state index in [1.807, 2.05) is 11.6 Å². The van der Waals surface area contributed by atoms with Gasteiger partial charge in [-0.05, 0) is 20.8 Å². The Labute approximate surface area is 150 Å². The highest BCUT2D eigenvalue weighted by Gasteiger charge is 2.42. The smallest absolute Gasteiger partial charge is 0.374 e. The lowest BCUT2D eigenvalue weighted by atomic mass is 10.0. The lowest BCUT2D eigenvalue weighted by Gasteiger charge is -2.42. The van der Waals surface area contributed by atoms with Gasteiger partial charge in [0.05, 0.1) is 17.8 Å². The maximum atomic E-state index is 13.1. The second-order valence-corrected chi connectivity index (χ2v) is 6.98. The Morgan fingerprint density at radius 3 is 2.58 bits per heavy atom. The van der Waals surface area contributed by atoms with Crippen LogP contribution in [0.2, 0.25) is 0 Å². The van der Waals surface area contributed by atoms with Crippen LogP contribution in [0.25, 0.3) is 0 Å². The quantitative estimate of drug-likeness (QED) is 0.741. The Kier molecular flexibility index (Phi) is 4.51. The van der Waals surface area contributed by atoms with E-state index in [2.05, 4.69) is 39.5 Å². The summed E-state index contributed by atoms with van der Waals surface area (Å²) in [6, 6.07) is 0.698. The monoisotopic (exact) mass is 371 g/mol. The lowest BCUT2D eigenvalue weighted by Crippen LogP contribution is -2.54. The molecule has 144 valence electrons. The lowest BCUT2D eigenvalue weighted by molar-refractivity contribution is -0.0875. The number of rotatable bonds is 4. The van der Waals surface area contributed by atoms with E-state index in [-0.39, 0.29) is 11.9 Å². The molecule has 10 heteroatoms. The summed E-state index contributed by atoms with van der Waals surface area (Å²) in [5.41, 5.74) is 6.73. The Balaban J connectivity index is 1.85. The van der Waals surface area contributed by atoms with Crippen LogP contribution in [0.1, 0.15) is 31.1 Å². The number of hydrogen-bond acceptors (Lipinski definition) is 6. The molecule has 1 atom stereocenters. The summed E-state index contributed by atoms with van der Waals surface area (Å²) in [7, 11) is 1.40. The number of nitrogens with one attached hydrogen (secondary N) is 2. The van der Waals surface area contributed by atoms with E-state index >= 15 is 0 Å². The standard InChI is InChI=1S/C16H24F3N7/c1-9(2)25-7-11(8-25)26-10(3)12(6-23-26)16(20)22-5-13(15(17,18)19)14(21-4)24-16/h5-6,9,11,21,24H,7-8,20H2,1-4H3. The van der Waals surface area contributed by atoms with E-state index in [4.69, 9.17) is 5.73 Å². The fourth-order valence-corrected chi connectivity index (χ4v) is 3.30. The molecule has 0 saturated carbocycles. The Morgan fingerprint density at radius 2 is 2.04 bits per heavy atom. The van der Waals surface area contributed by atoms with Crippen molar-refractivity contribution in [2.75, 3.05) is 20.1 Å². The Bertz CT molecular complexity index is 744. The molecule has 4 N–H and O–H groups in total. The summed E-state index contributed by atoms with van der Waals surface area (Å²) in [5.74, 6) is -1.71. The molecule has 0 radical (unpaired) electrons. The summed E-state index contributed by atoms with van der Waals surface area (Å²) in [6.45, 7) is 7.89. The second kappa shape index (κ2) is 6.27. The summed E-state index contributed by atoms with van der Waals surface area (Å²) in [6.07, 6.45) is -2.19. The van der Waals surface area contributed by atoms with Crippen LogP contribution in [0, 0.1) is 6.92 Å². The van der Waals surface area contributed by atoms with Crippen molar-refractivity contribution >= 4 is 6.21 Å². The van der Waals surface area contributed by atoms with Gasteiger partial charge in [-0.2, -0.15) is 18.3 Å². The van der Waals surface area contributed by atoms with Gasteiger partial charge in [0.25, 0.3) is 0 Å². The summed E-state index contributed by atoms with van der Waals surface area (Å²) in [4.78, 5) is 6.28. The van der Waals surface area contributed by atoms with Crippen LogP contribution in [-0.4, -0.2) is 53.3 Å². The minimum absolute atomic E-state index is 0.211. The SMILES string of the molecule is CNC1=C(C(F)(F)F)C=NC(N)(c2cnn(C3CN(C(C)C)C3)c2C)N1. The fourth-order valence-electron chi connectivity index (χ4n) is 3.30. The first-order valence-electron chi connectivity index (χ1n) is 8.47. The minimum atomic E-state index is -4.53. The van der Waals surface area contributed by atoms with Crippen LogP contribution in [-0.2, 0) is 5.79 Å². The number of likely N-dealkylation sites (tertiary alicyclic amines) is 1. The molecule has 3 heterocycles. The highest BCUT2D eigenvalue weighted by Crippen LogP contribution is 2.33. The van der Waals surface area contributed by atoms with Gasteiger partial charge in [0, 0.05) is 38.1 Å². The van der Waals surface area contributed by atoms with Crippen molar-refractivity contribution < 1.29 is 13.2 Å². The van der Waals surface area contributed by atoms with E-state index in [0.717, 1.165) is 25.0 Å². The molecular weight excluding hydrogens is 347 g/mol. The van der Waals surface area contributed by atoms with Crippen LogP contribution >= 0.6 is 0 Å². The largest absolute Gasteiger partial charge is 0.421 e. The number of allylic oxidation sites excluding steroid dienone is 1. The summed E-state index contributed by atoms with van der Waals surface area (Å²) in [5, 5.41) is 9.60. The topological polar surface area (TPSA) is 83.5 Å². The second-order valence-electron chi connectivity index (χ2n) is 6.98. The van der Waals surface area contributed by atoms with Crippen molar-refractivity contribution in [3.63, 3.8) is 0 Å². The van der Waals surface area contributed by atoms with Crippen LogP contribution in [0.4, 0.5) is 13.2 Å². The zero-order valence-corrected chi connectivity index (χ0v) is 15.2. The van der Waals surface area contributed by atoms with Gasteiger partial charge >= 0.3 is 6.18 Å². The van der Waals surface area contributed by atoms with Crippen LogP contribution in [0.5, 0.6) is 0 Å². The third-order valence-corrected chi connectivity index (χ3v) is 4.96. The zero-order valence-electron chi connectivity index (χ0n) is 15.2. The molecule has 0 aromatic carbocycles. The van der Waals surface area contributed by atoms with Gasteiger partial charge in [-0.25, -0.2) is 4.99 Å². The third-order valence-electron chi connectivity index (χ3n) is 4.96. The molecule has 26 heavy (non-hydrogen) atoms. The average Bonchev–Trinajstić information content (AvgIpc) is 2.86. The first-order valence-corrected chi connectivity index (χ1v) is 8.47. The van der Waals surface area contributed by atoms with E-state index in [1.165, 1.54) is 7.05 Å². The highest BCUT2D eigenvalue weighted by molar-refractivity contribution is 5.82. The third kappa shape index (κ3) is 3.07. The van der Waals surface area contributed by atoms with E-state index in [0.29, 0.717) is 11.6 Å². The number of aliphatic imine (C=N–C) groups is 1. The van der Waals surface area contributed by atoms with E-state index < -0.39 is 17.5 Å². The molecule has 0 amide bonds. The van der Waals surface area contributed by atoms with Gasteiger partial charge in [0.1, 0.15) is 11.4 Å². The number of aromatic nitrogens is 2. The van der Waals surface area contributed by atoms with Gasteiger partial charge < -0.3 is 10.6 Å². The molecule has 3 rings (SSSR count). The van der Waals surface area contributed by atoms with Gasteiger partial charge in [-0.3, -0.25) is 15.3 Å². The molecule has 1 unspecified atom stereocenters. The first-order chi connectivity index (χ1) is 12.1. The minimum Gasteiger partial charge on any atom is -0.374 e. The molecule has 0 spiro atoms. The normalized spacial score (nSPS) is 24.8. The van der Waals surface area contributed by atoms with Crippen molar-refractivity contribution in [3.05, 3.63) is 28.8 Å². The molecule has 0 bridgehead atoms. The first kappa shape index (κ1) is 18.7. The zero-order chi connectivity index (χ0) is 19.3. The number of nitrogens with zero attached hydrogens (tertiary/aromatic N) is 4. The summed E-state index contributed by atoms with van der Waals surface area (Å²) < 4.78 is 41.1. The van der Waals surface area contributed by atoms with Crippen molar-refractivity contribution in [1.29, 1.82) is 0 Å². The van der Waals surface area contributed by atoms with E-state index in [1.54, 1.807) is 6.20 Å². The predicted molar refractivity (Wildman–Crippen MR) is 92.3 cm³/mol. The molecule has 1 fully saturated rings. The van der Waals surface area contributed by atoms with Crippen LogP contribution < -0.4 is 16.4 Å². The molecule has 1 aromatic rings. The van der Waals surface area contributed by atoms with Gasteiger partial charge in [-0.1, -0.05) is 0 Å². The van der Waals surface area contributed by atoms with E-state index in [9.17, 15) is 13.2 Å². The fraction of sp³-hybridized carbons (Fsp3) is 0.625. The van der Waals surface area contributed by atoms with Gasteiger partial charge in [0.15, 0.2) is 0 Å². The van der Waals surface area contributed by atoms with Crippen LogP contribution in [0.15, 0.2) is 22.6 Å². The van der Waals surface area contributed by atoms with Crippen molar-refractivity contribution in [1.82, 2.24) is 25.3 Å². The number of alkyl halides is 3. The summed E-state index contributed by atoms with van der Waals surface area (Å²) >= 11 is 0. The van der Waals surface area contributed by atoms with Gasteiger partial charge in [-0.15, -0.1) is 0 Å². The van der Waals surface area contributed by atoms with Crippen molar-refractivity contribution in [3.8, 4) is 0 Å². The predicted octanol–water partition coefficient (Wildman–Crippen LogP) is 1.19. The molecule has 7 nitrogen and oxygen atoms in total. The average molecular weight is 371 g/mol. The maximum absolute atomic E-state index is 13.1. The van der Waals surface area contributed by atoms with Crippen molar-refractivity contribution in [2.24, 2.45) is 10.7 Å². The van der Waals surface area contributed by atoms with Crippen molar-refractivity contribution in [2.45, 2.75) is 44.8 Å². The molecule has 2 aliphatic heterocycles. The van der Waals surface area contributed by atoms with Gasteiger partial charge in [0.2, 0.25) is 5.79 Å². The maximum Gasteiger partial charge on any atom is 0.421 e. The molecule has 0 aliphatic carbocycles. The molecule has 1 saturated heterocycles. The Morgan fingerprint density at radius 1 is 1.38 bits per heavy atom. The Hall–Kier alpha value is -2.07. The number of hydrogen-bond donors (Lipinski definition) is 3. The molecule has 2 aliphatic rings. The molecular formula is C16H24F3N7. The highest BCUT2D eigenvalue weighted by atomic mass is 19.4. The number of halogens is 3. The number of nitrogens with two attached hydrogens (primary N) is 1. The molecule has 1 aromatic heterocycles. The van der Waals surface area contributed by atoms with Crippen LogP contribution in [0.3, 0.4) is 0 Å².